The molecule has 1 aliphatic heterocycles. The molecule has 1 atom stereocenters. The van der Waals surface area contributed by atoms with Gasteiger partial charge in [0.15, 0.2) is 5.96 Å². The van der Waals surface area contributed by atoms with Gasteiger partial charge in [0.2, 0.25) is 10.0 Å². The number of guanidine groups is 1. The zero-order valence-electron chi connectivity index (χ0n) is 16.2. The molecule has 1 unspecified atom stereocenters. The summed E-state index contributed by atoms with van der Waals surface area (Å²) >= 11 is 0. The number of aliphatic imine (C=N–C) groups is 1. The number of nitrogens with zero attached hydrogens (tertiary/aromatic N) is 2. The van der Waals surface area contributed by atoms with Crippen molar-refractivity contribution in [2.24, 2.45) is 10.9 Å². The predicted molar refractivity (Wildman–Crippen MR) is 113 cm³/mol. The maximum atomic E-state index is 12.2. The van der Waals surface area contributed by atoms with E-state index < -0.39 is 10.0 Å². The van der Waals surface area contributed by atoms with Gasteiger partial charge in [0.05, 0.1) is 4.90 Å². The molecule has 0 amide bonds. The van der Waals surface area contributed by atoms with Crippen LogP contribution in [0.25, 0.3) is 0 Å². The second-order valence-electron chi connectivity index (χ2n) is 6.98. The first kappa shape index (κ1) is 20.4. The third-order valence-electron chi connectivity index (χ3n) is 4.92. The molecule has 0 aliphatic carbocycles. The molecule has 0 spiro atoms. The molecule has 0 bridgehead atoms. The Morgan fingerprint density at radius 2 is 1.75 bits per heavy atom. The number of benzene rings is 2. The molecule has 1 aliphatic rings. The fourth-order valence-corrected chi connectivity index (χ4v) is 4.57. The maximum Gasteiger partial charge on any atom is 0.240 e. The number of hydrogen-bond donors (Lipinski definition) is 2. The highest BCUT2D eigenvalue weighted by atomic mass is 32.2. The first-order valence-electron chi connectivity index (χ1n) is 9.63. The highest BCUT2D eigenvalue weighted by molar-refractivity contribution is 7.89. The van der Waals surface area contributed by atoms with Crippen molar-refractivity contribution in [2.75, 3.05) is 33.2 Å². The van der Waals surface area contributed by atoms with Gasteiger partial charge < -0.3 is 10.2 Å². The average Bonchev–Trinajstić information content (AvgIpc) is 3.17. The van der Waals surface area contributed by atoms with Crippen LogP contribution in [0.3, 0.4) is 0 Å². The van der Waals surface area contributed by atoms with Crippen molar-refractivity contribution in [2.45, 2.75) is 17.7 Å². The number of likely N-dealkylation sites (tertiary alicyclic amines) is 1. The van der Waals surface area contributed by atoms with Crippen LogP contribution >= 0.6 is 0 Å². The molecule has 2 aromatic rings. The molecule has 6 nitrogen and oxygen atoms in total. The summed E-state index contributed by atoms with van der Waals surface area (Å²) in [5.74, 6) is 1.44. The molecule has 0 radical (unpaired) electrons. The van der Waals surface area contributed by atoms with Gasteiger partial charge in [-0.15, -0.1) is 0 Å². The van der Waals surface area contributed by atoms with Crippen LogP contribution in [0.4, 0.5) is 0 Å². The van der Waals surface area contributed by atoms with Crippen LogP contribution in [-0.2, 0) is 16.4 Å². The molecular formula is C21H28N4O2S. The minimum absolute atomic E-state index is 0.280. The van der Waals surface area contributed by atoms with Gasteiger partial charge in [0.1, 0.15) is 0 Å². The lowest BCUT2D eigenvalue weighted by Gasteiger charge is -2.22. The van der Waals surface area contributed by atoms with Crippen molar-refractivity contribution >= 4 is 16.0 Å². The van der Waals surface area contributed by atoms with Crippen LogP contribution < -0.4 is 10.0 Å². The molecule has 1 heterocycles. The SMILES string of the molecule is CN=C(NCCNS(=O)(=O)c1ccccc1)N1CCC(Cc2ccccc2)C1. The van der Waals surface area contributed by atoms with E-state index in [1.165, 1.54) is 5.56 Å². The van der Waals surface area contributed by atoms with E-state index >= 15 is 0 Å². The Morgan fingerprint density at radius 3 is 2.43 bits per heavy atom. The van der Waals surface area contributed by atoms with Crippen LogP contribution in [0.1, 0.15) is 12.0 Å². The topological polar surface area (TPSA) is 73.8 Å². The average molecular weight is 401 g/mol. The quantitative estimate of drug-likeness (QED) is 0.424. The Kier molecular flexibility index (Phi) is 7.06. The Morgan fingerprint density at radius 1 is 1.07 bits per heavy atom. The lowest BCUT2D eigenvalue weighted by Crippen LogP contribution is -2.43. The van der Waals surface area contributed by atoms with Crippen LogP contribution in [0.2, 0.25) is 0 Å². The smallest absolute Gasteiger partial charge is 0.240 e. The maximum absolute atomic E-state index is 12.2. The number of rotatable bonds is 7. The summed E-state index contributed by atoms with van der Waals surface area (Å²) in [4.78, 5) is 6.89. The molecular weight excluding hydrogens is 372 g/mol. The van der Waals surface area contributed by atoms with Crippen molar-refractivity contribution in [1.82, 2.24) is 14.9 Å². The molecule has 0 saturated carbocycles. The Bertz CT molecular complexity index is 870. The normalized spacial score (nSPS) is 17.7. The summed E-state index contributed by atoms with van der Waals surface area (Å²) < 4.78 is 27.1. The van der Waals surface area contributed by atoms with Crippen LogP contribution in [0.5, 0.6) is 0 Å². The Hall–Kier alpha value is -2.38. The summed E-state index contributed by atoms with van der Waals surface area (Å²) in [6, 6.07) is 19.0. The Labute approximate surface area is 167 Å². The largest absolute Gasteiger partial charge is 0.355 e. The molecule has 1 fully saturated rings. The van der Waals surface area contributed by atoms with E-state index in [1.54, 1.807) is 37.4 Å². The van der Waals surface area contributed by atoms with Gasteiger partial charge in [0.25, 0.3) is 0 Å². The van der Waals surface area contributed by atoms with Crippen molar-refractivity contribution in [3.05, 3.63) is 66.2 Å². The summed E-state index contributed by atoms with van der Waals surface area (Å²) in [5.41, 5.74) is 1.37. The van der Waals surface area contributed by atoms with Crippen LogP contribution in [0.15, 0.2) is 70.6 Å². The number of nitrogens with one attached hydrogen (secondary N) is 2. The van der Waals surface area contributed by atoms with Crippen molar-refractivity contribution in [3.8, 4) is 0 Å². The third-order valence-corrected chi connectivity index (χ3v) is 6.40. The van der Waals surface area contributed by atoms with Gasteiger partial charge in [-0.3, -0.25) is 4.99 Å². The second-order valence-corrected chi connectivity index (χ2v) is 8.74. The fourth-order valence-electron chi connectivity index (χ4n) is 3.51. The monoisotopic (exact) mass is 400 g/mol. The summed E-state index contributed by atoms with van der Waals surface area (Å²) in [6.45, 7) is 2.72. The van der Waals surface area contributed by atoms with E-state index in [-0.39, 0.29) is 4.90 Å². The van der Waals surface area contributed by atoms with Gasteiger partial charge in [-0.25, -0.2) is 13.1 Å². The van der Waals surface area contributed by atoms with Crippen LogP contribution in [-0.4, -0.2) is 52.5 Å². The molecule has 2 aromatic carbocycles. The number of sulfonamides is 1. The Balaban J connectivity index is 1.44. The zero-order valence-corrected chi connectivity index (χ0v) is 17.0. The lowest BCUT2D eigenvalue weighted by molar-refractivity contribution is 0.460. The van der Waals surface area contributed by atoms with Gasteiger partial charge in [0, 0.05) is 33.2 Å². The minimum atomic E-state index is -3.47. The molecule has 150 valence electrons. The second kappa shape index (κ2) is 9.71. The highest BCUT2D eigenvalue weighted by Gasteiger charge is 2.24. The minimum Gasteiger partial charge on any atom is -0.355 e. The van der Waals surface area contributed by atoms with Gasteiger partial charge in [-0.05, 0) is 36.5 Å². The van der Waals surface area contributed by atoms with Crippen LogP contribution in [0, 0.1) is 5.92 Å². The van der Waals surface area contributed by atoms with Crippen molar-refractivity contribution in [3.63, 3.8) is 0 Å². The molecule has 3 rings (SSSR count). The van der Waals surface area contributed by atoms with E-state index in [0.717, 1.165) is 31.9 Å². The lowest BCUT2D eigenvalue weighted by atomic mass is 9.99. The first-order valence-corrected chi connectivity index (χ1v) is 11.1. The van der Waals surface area contributed by atoms with E-state index in [9.17, 15) is 8.42 Å². The molecule has 1 saturated heterocycles. The van der Waals surface area contributed by atoms with Crippen molar-refractivity contribution < 1.29 is 8.42 Å². The van der Waals surface area contributed by atoms with E-state index in [4.69, 9.17) is 0 Å². The molecule has 7 heteroatoms. The standard InChI is InChI=1S/C21H28N4O2S/c1-22-21(23-13-14-24-28(26,27)20-10-6-3-7-11-20)25-15-12-19(17-25)16-18-8-4-2-5-9-18/h2-11,19,24H,12-17H2,1H3,(H,22,23). The third kappa shape index (κ3) is 5.56. The van der Waals surface area contributed by atoms with Crippen molar-refractivity contribution in [1.29, 1.82) is 0 Å². The van der Waals surface area contributed by atoms with E-state index in [1.807, 2.05) is 6.07 Å². The summed E-state index contributed by atoms with van der Waals surface area (Å²) in [7, 11) is -1.71. The summed E-state index contributed by atoms with van der Waals surface area (Å²) in [6.07, 6.45) is 2.21. The van der Waals surface area contributed by atoms with E-state index in [2.05, 4.69) is 44.2 Å². The van der Waals surface area contributed by atoms with E-state index in [0.29, 0.717) is 19.0 Å². The molecule has 2 N–H and O–H groups in total. The number of hydrogen-bond acceptors (Lipinski definition) is 3. The molecule has 28 heavy (non-hydrogen) atoms. The van der Waals surface area contributed by atoms with Gasteiger partial charge in [-0.2, -0.15) is 0 Å². The fraction of sp³-hybridized carbons (Fsp3) is 0.381. The zero-order chi connectivity index (χ0) is 19.8. The highest BCUT2D eigenvalue weighted by Crippen LogP contribution is 2.20. The van der Waals surface area contributed by atoms with Gasteiger partial charge in [-0.1, -0.05) is 48.5 Å². The predicted octanol–water partition coefficient (Wildman–Crippen LogP) is 2.10. The first-order chi connectivity index (χ1) is 13.6. The summed E-state index contributed by atoms with van der Waals surface area (Å²) in [5, 5.41) is 3.27. The molecule has 0 aromatic heterocycles. The van der Waals surface area contributed by atoms with Gasteiger partial charge >= 0.3 is 0 Å².